The van der Waals surface area contributed by atoms with Gasteiger partial charge in [0.15, 0.2) is 0 Å². The number of benzene rings is 2. The van der Waals surface area contributed by atoms with Gasteiger partial charge in [0.1, 0.15) is 0 Å². The smallest absolute Gasteiger partial charge is 0.230 e. The summed E-state index contributed by atoms with van der Waals surface area (Å²) >= 11 is 1.52. The van der Waals surface area contributed by atoms with Gasteiger partial charge in [0.25, 0.3) is 0 Å². The number of amides is 1. The molecule has 0 aliphatic rings. The first kappa shape index (κ1) is 18.1. The minimum absolute atomic E-state index is 0.00426. The van der Waals surface area contributed by atoms with E-state index in [1.165, 1.54) is 17.3 Å². The first-order valence-electron chi connectivity index (χ1n) is 8.08. The zero-order valence-corrected chi connectivity index (χ0v) is 14.9. The third kappa shape index (κ3) is 5.14. The van der Waals surface area contributed by atoms with Gasteiger partial charge in [-0.15, -0.1) is 11.8 Å². The summed E-state index contributed by atoms with van der Waals surface area (Å²) in [7, 11) is 0. The highest BCUT2D eigenvalue weighted by atomic mass is 32.2. The average Bonchev–Trinajstić information content (AvgIpc) is 2.62. The molecule has 1 N–H and O–H groups in total. The number of nitrogens with zero attached hydrogens (tertiary/aromatic N) is 1. The molecule has 124 valence electrons. The highest BCUT2D eigenvalue weighted by Crippen LogP contribution is 2.17. The summed E-state index contributed by atoms with van der Waals surface area (Å²) in [6.45, 7) is 4.12. The molecule has 2 aromatic rings. The normalized spacial score (nSPS) is 11.5. The lowest BCUT2D eigenvalue weighted by Crippen LogP contribution is -2.28. The van der Waals surface area contributed by atoms with E-state index in [0.29, 0.717) is 17.1 Å². The second-order valence-electron chi connectivity index (χ2n) is 5.65. The fourth-order valence-electron chi connectivity index (χ4n) is 2.42. The van der Waals surface area contributed by atoms with E-state index in [1.54, 1.807) is 6.07 Å². The molecule has 0 saturated carbocycles. The van der Waals surface area contributed by atoms with Crippen molar-refractivity contribution in [2.24, 2.45) is 0 Å². The van der Waals surface area contributed by atoms with Gasteiger partial charge in [0, 0.05) is 5.75 Å². The van der Waals surface area contributed by atoms with Gasteiger partial charge in [0.05, 0.1) is 23.4 Å². The lowest BCUT2D eigenvalue weighted by atomic mass is 10.1. The molecule has 0 unspecified atom stereocenters. The predicted octanol–water partition coefficient (Wildman–Crippen LogP) is 4.23. The minimum atomic E-state index is -0.00426. The van der Waals surface area contributed by atoms with Gasteiger partial charge in [-0.05, 0) is 36.1 Å². The molecule has 0 heterocycles. The van der Waals surface area contributed by atoms with Gasteiger partial charge >= 0.3 is 0 Å². The Balaban J connectivity index is 1.81. The van der Waals surface area contributed by atoms with E-state index in [-0.39, 0.29) is 11.9 Å². The van der Waals surface area contributed by atoms with Crippen LogP contribution in [0.5, 0.6) is 0 Å². The fraction of sp³-hybridized carbons (Fsp3) is 0.300. The van der Waals surface area contributed by atoms with Crippen molar-refractivity contribution >= 4 is 17.7 Å². The van der Waals surface area contributed by atoms with Crippen LogP contribution in [0.2, 0.25) is 0 Å². The number of rotatable bonds is 7. The van der Waals surface area contributed by atoms with Gasteiger partial charge < -0.3 is 5.32 Å². The van der Waals surface area contributed by atoms with E-state index in [1.807, 2.05) is 25.1 Å². The van der Waals surface area contributed by atoms with Gasteiger partial charge in [-0.2, -0.15) is 5.26 Å². The zero-order chi connectivity index (χ0) is 17.4. The maximum atomic E-state index is 12.1. The maximum absolute atomic E-state index is 12.1. The quantitative estimate of drug-likeness (QED) is 0.822. The topological polar surface area (TPSA) is 52.9 Å². The minimum Gasteiger partial charge on any atom is -0.349 e. The second-order valence-corrected chi connectivity index (χ2v) is 6.63. The van der Waals surface area contributed by atoms with Crippen LogP contribution in [0.1, 0.15) is 42.1 Å². The Hall–Kier alpha value is -2.25. The predicted molar refractivity (Wildman–Crippen MR) is 99.7 cm³/mol. The summed E-state index contributed by atoms with van der Waals surface area (Å²) < 4.78 is 0. The molecule has 0 radical (unpaired) electrons. The maximum Gasteiger partial charge on any atom is 0.230 e. The Bertz CT molecular complexity index is 719. The Morgan fingerprint density at radius 2 is 1.92 bits per heavy atom. The number of nitriles is 1. The zero-order valence-electron chi connectivity index (χ0n) is 14.1. The number of thioether (sulfide) groups is 1. The highest BCUT2D eigenvalue weighted by molar-refractivity contribution is 7.99. The number of hydrogen-bond donors (Lipinski definition) is 1. The van der Waals surface area contributed by atoms with Crippen LogP contribution in [0.4, 0.5) is 0 Å². The molecule has 0 aliphatic heterocycles. The van der Waals surface area contributed by atoms with Crippen LogP contribution in [0.3, 0.4) is 0 Å². The monoisotopic (exact) mass is 338 g/mol. The number of carbonyl (C=O) groups excluding carboxylic acids is 1. The molecule has 0 fully saturated rings. The summed E-state index contributed by atoms with van der Waals surface area (Å²) in [6.07, 6.45) is 1.02. The Labute approximate surface area is 148 Å². The van der Waals surface area contributed by atoms with Gasteiger partial charge in [0.2, 0.25) is 5.91 Å². The lowest BCUT2D eigenvalue weighted by molar-refractivity contribution is -0.119. The van der Waals surface area contributed by atoms with Crippen molar-refractivity contribution in [3.8, 4) is 6.07 Å². The summed E-state index contributed by atoms with van der Waals surface area (Å²) in [5.41, 5.74) is 4.06. The first-order valence-corrected chi connectivity index (χ1v) is 9.23. The Morgan fingerprint density at radius 1 is 1.21 bits per heavy atom. The molecule has 4 heteroatoms. The van der Waals surface area contributed by atoms with E-state index in [9.17, 15) is 4.79 Å². The van der Waals surface area contributed by atoms with E-state index in [2.05, 4.69) is 42.6 Å². The molecular weight excluding hydrogens is 316 g/mol. The molecule has 24 heavy (non-hydrogen) atoms. The molecule has 1 atom stereocenters. The fourth-order valence-corrected chi connectivity index (χ4v) is 3.26. The van der Waals surface area contributed by atoms with Crippen LogP contribution in [-0.4, -0.2) is 11.7 Å². The van der Waals surface area contributed by atoms with Crippen molar-refractivity contribution in [2.45, 2.75) is 32.1 Å². The molecule has 0 saturated heterocycles. The number of aryl methyl sites for hydroxylation is 1. The molecule has 0 aromatic heterocycles. The summed E-state index contributed by atoms with van der Waals surface area (Å²) in [4.78, 5) is 12.1. The third-order valence-electron chi connectivity index (χ3n) is 3.89. The van der Waals surface area contributed by atoms with Crippen molar-refractivity contribution < 1.29 is 4.79 Å². The van der Waals surface area contributed by atoms with Crippen molar-refractivity contribution in [3.63, 3.8) is 0 Å². The molecular formula is C20H22N2OS. The van der Waals surface area contributed by atoms with Gasteiger partial charge in [-0.25, -0.2) is 0 Å². The summed E-state index contributed by atoms with van der Waals surface area (Å²) in [5, 5.41) is 12.1. The largest absolute Gasteiger partial charge is 0.349 e. The van der Waals surface area contributed by atoms with Crippen LogP contribution < -0.4 is 5.32 Å². The Kier molecular flexibility index (Phi) is 6.89. The van der Waals surface area contributed by atoms with Crippen molar-refractivity contribution in [2.75, 3.05) is 5.75 Å². The van der Waals surface area contributed by atoms with Crippen LogP contribution in [0, 0.1) is 11.3 Å². The van der Waals surface area contributed by atoms with Crippen LogP contribution >= 0.6 is 11.8 Å². The van der Waals surface area contributed by atoms with Crippen LogP contribution in [-0.2, 0) is 17.0 Å². The van der Waals surface area contributed by atoms with Gasteiger partial charge in [-0.3, -0.25) is 4.79 Å². The third-order valence-corrected chi connectivity index (χ3v) is 4.88. The average molecular weight is 338 g/mol. The molecule has 0 spiro atoms. The van der Waals surface area contributed by atoms with Crippen molar-refractivity contribution in [1.29, 1.82) is 5.26 Å². The second kappa shape index (κ2) is 9.14. The van der Waals surface area contributed by atoms with Crippen molar-refractivity contribution in [3.05, 3.63) is 70.8 Å². The first-order chi connectivity index (χ1) is 11.6. The van der Waals surface area contributed by atoms with E-state index in [4.69, 9.17) is 5.26 Å². The number of nitrogens with one attached hydrogen (secondary N) is 1. The molecule has 0 aliphatic carbocycles. The molecule has 1 amide bonds. The molecule has 0 bridgehead atoms. The Morgan fingerprint density at radius 3 is 2.58 bits per heavy atom. The summed E-state index contributed by atoms with van der Waals surface area (Å²) in [6, 6.07) is 18.0. The van der Waals surface area contributed by atoms with E-state index in [0.717, 1.165) is 17.5 Å². The lowest BCUT2D eigenvalue weighted by Gasteiger charge is -2.15. The summed E-state index contributed by atoms with van der Waals surface area (Å²) in [5.74, 6) is 1.06. The number of carbonyl (C=O) groups is 1. The van der Waals surface area contributed by atoms with Gasteiger partial charge in [-0.1, -0.05) is 49.4 Å². The highest BCUT2D eigenvalue weighted by Gasteiger charge is 2.10. The molecule has 2 aromatic carbocycles. The SMILES string of the molecule is CCc1ccc([C@@H](C)NC(=O)CSCc2ccccc2C#N)cc1. The van der Waals surface area contributed by atoms with Crippen LogP contribution in [0.25, 0.3) is 0 Å². The van der Waals surface area contributed by atoms with E-state index >= 15 is 0 Å². The molecule has 2 rings (SSSR count). The standard InChI is InChI=1S/C20H22N2OS/c1-3-16-8-10-17(11-9-16)15(2)22-20(23)14-24-13-19-7-5-4-6-18(19)12-21/h4-11,15H,3,13-14H2,1-2H3,(H,22,23)/t15-/m1/s1. The number of hydrogen-bond acceptors (Lipinski definition) is 3. The van der Waals surface area contributed by atoms with E-state index < -0.39 is 0 Å². The van der Waals surface area contributed by atoms with Crippen molar-refractivity contribution in [1.82, 2.24) is 5.32 Å². The molecule has 3 nitrogen and oxygen atoms in total. The van der Waals surface area contributed by atoms with Crippen LogP contribution in [0.15, 0.2) is 48.5 Å².